The summed E-state index contributed by atoms with van der Waals surface area (Å²) in [5.41, 5.74) is -1.77. The highest BCUT2D eigenvalue weighted by Crippen LogP contribution is 2.31. The number of amides is 1. The quantitative estimate of drug-likeness (QED) is 0.841. The molecular formula is C13H21N5O4. The number of carboxylic acid groups (broad SMARTS) is 1. The zero-order valence-electron chi connectivity index (χ0n) is 13.2. The number of hydrogen-bond acceptors (Lipinski definition) is 6. The van der Waals surface area contributed by atoms with Gasteiger partial charge in [0, 0.05) is 13.7 Å². The third-order valence-electron chi connectivity index (χ3n) is 3.72. The Morgan fingerprint density at radius 2 is 2.09 bits per heavy atom. The van der Waals surface area contributed by atoms with Crippen molar-refractivity contribution < 1.29 is 19.4 Å². The van der Waals surface area contributed by atoms with E-state index >= 15 is 0 Å². The Hall–Kier alpha value is -2.03. The SMILES string of the molecule is COCC1(C(=O)O)CCCN1C(=O)c1nnn(C(C)(C)C)n1. The van der Waals surface area contributed by atoms with E-state index in [0.717, 1.165) is 0 Å². The number of aliphatic carboxylic acids is 1. The van der Waals surface area contributed by atoms with Gasteiger partial charge in [0.25, 0.3) is 11.7 Å². The average molecular weight is 311 g/mol. The van der Waals surface area contributed by atoms with Gasteiger partial charge in [-0.3, -0.25) is 4.79 Å². The van der Waals surface area contributed by atoms with Gasteiger partial charge >= 0.3 is 5.97 Å². The van der Waals surface area contributed by atoms with Gasteiger partial charge in [-0.25, -0.2) is 4.79 Å². The third-order valence-corrected chi connectivity index (χ3v) is 3.72. The second-order valence-corrected chi connectivity index (χ2v) is 6.40. The molecule has 1 N–H and O–H groups in total. The van der Waals surface area contributed by atoms with Crippen LogP contribution < -0.4 is 0 Å². The van der Waals surface area contributed by atoms with Gasteiger partial charge in [-0.15, -0.1) is 10.2 Å². The fraction of sp³-hybridized carbons (Fsp3) is 0.769. The summed E-state index contributed by atoms with van der Waals surface area (Å²) < 4.78 is 5.03. The van der Waals surface area contributed by atoms with Crippen LogP contribution in [0.25, 0.3) is 0 Å². The Kier molecular flexibility index (Phi) is 4.19. The number of ether oxygens (including phenoxy) is 1. The van der Waals surface area contributed by atoms with Crippen molar-refractivity contribution in [2.24, 2.45) is 0 Å². The largest absolute Gasteiger partial charge is 0.479 e. The third kappa shape index (κ3) is 2.68. The van der Waals surface area contributed by atoms with Crippen molar-refractivity contribution in [1.29, 1.82) is 0 Å². The molecule has 1 unspecified atom stereocenters. The Morgan fingerprint density at radius 3 is 2.59 bits per heavy atom. The van der Waals surface area contributed by atoms with Gasteiger partial charge in [0.2, 0.25) is 0 Å². The molecule has 9 nitrogen and oxygen atoms in total. The van der Waals surface area contributed by atoms with E-state index in [2.05, 4.69) is 15.4 Å². The Balaban J connectivity index is 2.31. The molecule has 0 bridgehead atoms. The molecule has 1 fully saturated rings. The number of rotatable bonds is 4. The van der Waals surface area contributed by atoms with E-state index in [-0.39, 0.29) is 12.4 Å². The van der Waals surface area contributed by atoms with Gasteiger partial charge < -0.3 is 14.7 Å². The van der Waals surface area contributed by atoms with Gasteiger partial charge in [-0.05, 0) is 38.8 Å². The fourth-order valence-electron chi connectivity index (χ4n) is 2.55. The molecule has 2 heterocycles. The predicted molar refractivity (Wildman–Crippen MR) is 75.3 cm³/mol. The van der Waals surface area contributed by atoms with Crippen LogP contribution in [-0.2, 0) is 15.1 Å². The molecule has 122 valence electrons. The summed E-state index contributed by atoms with van der Waals surface area (Å²) in [5, 5.41) is 21.3. The number of carbonyl (C=O) groups excluding carboxylic acids is 1. The number of aromatic nitrogens is 4. The molecule has 1 atom stereocenters. The molecule has 0 radical (unpaired) electrons. The van der Waals surface area contributed by atoms with Crippen LogP contribution in [0.1, 0.15) is 44.2 Å². The number of tetrazole rings is 1. The van der Waals surface area contributed by atoms with E-state index in [9.17, 15) is 14.7 Å². The van der Waals surface area contributed by atoms with E-state index in [1.165, 1.54) is 16.8 Å². The molecular weight excluding hydrogens is 290 g/mol. The summed E-state index contributed by atoms with van der Waals surface area (Å²) in [6.07, 6.45) is 0.935. The molecule has 2 rings (SSSR count). The minimum Gasteiger partial charge on any atom is -0.479 e. The van der Waals surface area contributed by atoms with Crippen molar-refractivity contribution in [3.63, 3.8) is 0 Å². The van der Waals surface area contributed by atoms with Crippen LogP contribution in [0.15, 0.2) is 0 Å². The Bertz CT molecular complexity index is 579. The van der Waals surface area contributed by atoms with Crippen molar-refractivity contribution >= 4 is 11.9 Å². The van der Waals surface area contributed by atoms with Gasteiger partial charge in [-0.2, -0.15) is 4.80 Å². The van der Waals surface area contributed by atoms with Gasteiger partial charge in [0.05, 0.1) is 12.1 Å². The summed E-state index contributed by atoms with van der Waals surface area (Å²) in [5.74, 6) is -1.71. The summed E-state index contributed by atoms with van der Waals surface area (Å²) in [4.78, 5) is 26.9. The maximum atomic E-state index is 12.6. The highest BCUT2D eigenvalue weighted by molar-refractivity contribution is 5.95. The van der Waals surface area contributed by atoms with Crippen LogP contribution in [0.2, 0.25) is 0 Å². The first-order chi connectivity index (χ1) is 10.2. The summed E-state index contributed by atoms with van der Waals surface area (Å²) in [6, 6.07) is 0. The van der Waals surface area contributed by atoms with Crippen molar-refractivity contribution in [2.75, 3.05) is 20.3 Å². The first-order valence-electron chi connectivity index (χ1n) is 7.07. The standard InChI is InChI=1S/C13H21N5O4/c1-12(2,3)18-15-9(14-16-18)10(19)17-7-5-6-13(17,8-22-4)11(20)21/h5-8H2,1-4H3,(H,20,21). The number of likely N-dealkylation sites (tertiary alicyclic amines) is 1. The maximum Gasteiger partial charge on any atom is 0.332 e. The van der Waals surface area contributed by atoms with Crippen LogP contribution in [0, 0.1) is 0 Å². The number of methoxy groups -OCH3 is 1. The molecule has 22 heavy (non-hydrogen) atoms. The number of hydrogen-bond donors (Lipinski definition) is 1. The zero-order chi connectivity index (χ0) is 16.5. The molecule has 0 spiro atoms. The van der Waals surface area contributed by atoms with Crippen molar-refractivity contribution in [3.05, 3.63) is 5.82 Å². The summed E-state index contributed by atoms with van der Waals surface area (Å²) in [7, 11) is 1.42. The van der Waals surface area contributed by atoms with Gasteiger partial charge in [0.15, 0.2) is 5.54 Å². The van der Waals surface area contributed by atoms with E-state index < -0.39 is 23.0 Å². The van der Waals surface area contributed by atoms with Crippen molar-refractivity contribution in [2.45, 2.75) is 44.7 Å². The lowest BCUT2D eigenvalue weighted by Gasteiger charge is -2.33. The van der Waals surface area contributed by atoms with Crippen molar-refractivity contribution in [1.82, 2.24) is 25.1 Å². The number of nitrogens with zero attached hydrogens (tertiary/aromatic N) is 5. The topological polar surface area (TPSA) is 110 Å². The Labute approximate surface area is 128 Å². The monoisotopic (exact) mass is 311 g/mol. The van der Waals surface area contributed by atoms with E-state index in [4.69, 9.17) is 4.74 Å². The smallest absolute Gasteiger partial charge is 0.332 e. The highest BCUT2D eigenvalue weighted by atomic mass is 16.5. The summed E-state index contributed by atoms with van der Waals surface area (Å²) in [6.45, 7) is 5.90. The van der Waals surface area contributed by atoms with Crippen LogP contribution >= 0.6 is 0 Å². The maximum absolute atomic E-state index is 12.6. The molecule has 0 aliphatic carbocycles. The molecule has 0 saturated carbocycles. The van der Waals surface area contributed by atoms with Crippen LogP contribution in [-0.4, -0.2) is 67.9 Å². The van der Waals surface area contributed by atoms with Crippen LogP contribution in [0.3, 0.4) is 0 Å². The Morgan fingerprint density at radius 1 is 1.41 bits per heavy atom. The highest BCUT2D eigenvalue weighted by Gasteiger charge is 2.51. The molecule has 1 saturated heterocycles. The lowest BCUT2D eigenvalue weighted by molar-refractivity contribution is -0.151. The molecule has 1 aliphatic heterocycles. The van der Waals surface area contributed by atoms with Crippen LogP contribution in [0.5, 0.6) is 0 Å². The second kappa shape index (κ2) is 5.64. The zero-order valence-corrected chi connectivity index (χ0v) is 13.2. The van der Waals surface area contributed by atoms with E-state index in [1.54, 1.807) is 0 Å². The summed E-state index contributed by atoms with van der Waals surface area (Å²) >= 11 is 0. The first-order valence-corrected chi connectivity index (χ1v) is 7.07. The van der Waals surface area contributed by atoms with E-state index in [0.29, 0.717) is 19.4 Å². The first kappa shape index (κ1) is 16.3. The van der Waals surface area contributed by atoms with Gasteiger partial charge in [-0.1, -0.05) is 0 Å². The van der Waals surface area contributed by atoms with Gasteiger partial charge in [0.1, 0.15) is 0 Å². The average Bonchev–Trinajstić information content (AvgIpc) is 3.05. The second-order valence-electron chi connectivity index (χ2n) is 6.40. The molecule has 1 aliphatic rings. The van der Waals surface area contributed by atoms with Crippen molar-refractivity contribution in [3.8, 4) is 0 Å². The molecule has 1 amide bonds. The van der Waals surface area contributed by atoms with Crippen LogP contribution in [0.4, 0.5) is 0 Å². The molecule has 9 heteroatoms. The predicted octanol–water partition coefficient (Wildman–Crippen LogP) is 0.134. The molecule has 1 aromatic heterocycles. The minimum atomic E-state index is -1.36. The fourth-order valence-corrected chi connectivity index (χ4v) is 2.55. The molecule has 1 aromatic rings. The lowest BCUT2D eigenvalue weighted by atomic mass is 9.97. The lowest BCUT2D eigenvalue weighted by Crippen LogP contribution is -2.56. The number of carbonyl (C=O) groups is 2. The number of carboxylic acids is 1. The minimum absolute atomic E-state index is 0.0680. The van der Waals surface area contributed by atoms with E-state index in [1.807, 2.05) is 20.8 Å². The molecule has 0 aromatic carbocycles. The normalized spacial score (nSPS) is 22.1.